The van der Waals surface area contributed by atoms with Crippen LogP contribution in [0.15, 0.2) is 17.6 Å². The molecule has 0 aliphatic heterocycles. The Bertz CT molecular complexity index is 223. The summed E-state index contributed by atoms with van der Waals surface area (Å²) in [6, 6.07) is 0.646. The van der Waals surface area contributed by atoms with Crippen molar-refractivity contribution in [3.63, 3.8) is 0 Å². The molecule has 15 heavy (non-hydrogen) atoms. The molecule has 0 bridgehead atoms. The van der Waals surface area contributed by atoms with E-state index in [0.29, 0.717) is 12.6 Å². The van der Waals surface area contributed by atoms with Crippen molar-refractivity contribution in [1.82, 2.24) is 10.6 Å². The maximum absolute atomic E-state index is 4.38. The largest absolute Gasteiger partial charge is 0.357 e. The van der Waals surface area contributed by atoms with Gasteiger partial charge in [0.2, 0.25) is 0 Å². The van der Waals surface area contributed by atoms with E-state index in [0.717, 1.165) is 18.4 Å². The van der Waals surface area contributed by atoms with Gasteiger partial charge in [-0.3, -0.25) is 0 Å². The molecule has 1 fully saturated rings. The molecule has 1 aliphatic rings. The monoisotopic (exact) mass is 209 g/mol. The van der Waals surface area contributed by atoms with E-state index in [1.165, 1.54) is 19.3 Å². The lowest BCUT2D eigenvalue weighted by molar-refractivity contribution is 0.656. The molecular formula is C12H23N3. The summed E-state index contributed by atoms with van der Waals surface area (Å²) in [6.45, 7) is 9.59. The van der Waals surface area contributed by atoms with Crippen LogP contribution < -0.4 is 10.6 Å². The zero-order valence-electron chi connectivity index (χ0n) is 9.92. The van der Waals surface area contributed by atoms with Gasteiger partial charge in [-0.1, -0.05) is 19.4 Å². The number of nitrogens with zero attached hydrogens (tertiary/aromatic N) is 1. The van der Waals surface area contributed by atoms with Crippen molar-refractivity contribution in [3.8, 4) is 0 Å². The Hall–Kier alpha value is -0.990. The molecule has 2 N–H and O–H groups in total. The summed E-state index contributed by atoms with van der Waals surface area (Å²) in [6.07, 6.45) is 5.73. The molecule has 2 unspecified atom stereocenters. The lowest BCUT2D eigenvalue weighted by Crippen LogP contribution is -2.39. The van der Waals surface area contributed by atoms with Crippen molar-refractivity contribution in [2.75, 3.05) is 13.1 Å². The van der Waals surface area contributed by atoms with Crippen LogP contribution in [-0.2, 0) is 0 Å². The van der Waals surface area contributed by atoms with Gasteiger partial charge < -0.3 is 10.6 Å². The Morgan fingerprint density at radius 1 is 1.53 bits per heavy atom. The molecule has 0 spiro atoms. The fourth-order valence-electron chi connectivity index (χ4n) is 1.77. The molecule has 3 nitrogen and oxygen atoms in total. The predicted molar refractivity (Wildman–Crippen MR) is 66.1 cm³/mol. The fraction of sp³-hybridized carbons (Fsp3) is 0.750. The highest BCUT2D eigenvalue weighted by atomic mass is 15.2. The van der Waals surface area contributed by atoms with Gasteiger partial charge in [-0.15, -0.1) is 6.58 Å². The van der Waals surface area contributed by atoms with Gasteiger partial charge in [0, 0.05) is 12.6 Å². The van der Waals surface area contributed by atoms with Gasteiger partial charge in [-0.05, 0) is 25.7 Å². The van der Waals surface area contributed by atoms with Crippen LogP contribution >= 0.6 is 0 Å². The molecular weight excluding hydrogens is 186 g/mol. The van der Waals surface area contributed by atoms with Gasteiger partial charge in [-0.2, -0.15) is 0 Å². The van der Waals surface area contributed by atoms with Crippen molar-refractivity contribution in [2.45, 2.75) is 39.2 Å². The molecule has 86 valence electrons. The number of hydrogen-bond acceptors (Lipinski definition) is 1. The maximum atomic E-state index is 4.38. The molecule has 0 amide bonds. The van der Waals surface area contributed by atoms with Gasteiger partial charge in [0.1, 0.15) is 0 Å². The summed E-state index contributed by atoms with van der Waals surface area (Å²) in [7, 11) is 0. The molecule has 2 atom stereocenters. The summed E-state index contributed by atoms with van der Waals surface area (Å²) in [5.41, 5.74) is 0. The summed E-state index contributed by atoms with van der Waals surface area (Å²) in [5.74, 6) is 1.79. The molecule has 0 saturated heterocycles. The Balaban J connectivity index is 2.29. The molecule has 1 aliphatic carbocycles. The van der Waals surface area contributed by atoms with E-state index in [1.54, 1.807) is 0 Å². The smallest absolute Gasteiger partial charge is 0.191 e. The van der Waals surface area contributed by atoms with Crippen LogP contribution in [-0.4, -0.2) is 25.1 Å². The third-order valence-electron chi connectivity index (χ3n) is 2.63. The predicted octanol–water partition coefficient (Wildman–Crippen LogP) is 1.92. The van der Waals surface area contributed by atoms with Gasteiger partial charge >= 0.3 is 0 Å². The molecule has 1 rings (SSSR count). The van der Waals surface area contributed by atoms with E-state index in [9.17, 15) is 0 Å². The second kappa shape index (κ2) is 6.49. The molecule has 0 aromatic carbocycles. The first-order valence-electron chi connectivity index (χ1n) is 5.97. The summed E-state index contributed by atoms with van der Waals surface area (Å²) < 4.78 is 0. The minimum absolute atomic E-state index is 0.646. The lowest BCUT2D eigenvalue weighted by atomic mass is 10.2. The Kier molecular flexibility index (Phi) is 5.22. The number of nitrogens with one attached hydrogen (secondary N) is 2. The maximum Gasteiger partial charge on any atom is 0.191 e. The summed E-state index contributed by atoms with van der Waals surface area (Å²) >= 11 is 0. The van der Waals surface area contributed by atoms with Crippen LogP contribution in [0.2, 0.25) is 0 Å². The Labute approximate surface area is 93.1 Å². The van der Waals surface area contributed by atoms with Crippen LogP contribution in [0.5, 0.6) is 0 Å². The van der Waals surface area contributed by atoms with Crippen molar-refractivity contribution < 1.29 is 0 Å². The molecule has 0 aromatic rings. The first kappa shape index (κ1) is 12.1. The van der Waals surface area contributed by atoms with Crippen LogP contribution in [0.4, 0.5) is 0 Å². The zero-order valence-corrected chi connectivity index (χ0v) is 9.92. The second-order valence-electron chi connectivity index (χ2n) is 4.04. The van der Waals surface area contributed by atoms with Crippen molar-refractivity contribution in [2.24, 2.45) is 10.9 Å². The third-order valence-corrected chi connectivity index (χ3v) is 2.63. The topological polar surface area (TPSA) is 36.4 Å². The van der Waals surface area contributed by atoms with Gasteiger partial charge in [-0.25, -0.2) is 4.99 Å². The minimum Gasteiger partial charge on any atom is -0.357 e. The van der Waals surface area contributed by atoms with E-state index < -0.39 is 0 Å². The van der Waals surface area contributed by atoms with E-state index in [1.807, 2.05) is 6.08 Å². The number of hydrogen-bond donors (Lipinski definition) is 2. The fourth-order valence-corrected chi connectivity index (χ4v) is 1.77. The molecule has 0 heterocycles. The normalized spacial score (nSPS) is 24.8. The van der Waals surface area contributed by atoms with Crippen LogP contribution in [0.3, 0.4) is 0 Å². The van der Waals surface area contributed by atoms with Gasteiger partial charge in [0.05, 0.1) is 6.54 Å². The van der Waals surface area contributed by atoms with E-state index in [-0.39, 0.29) is 0 Å². The first-order valence-corrected chi connectivity index (χ1v) is 5.97. The number of aliphatic imine (C=N–C) groups is 1. The third kappa shape index (κ3) is 4.36. The minimum atomic E-state index is 0.646. The number of rotatable bonds is 6. The standard InChI is InChI=1S/C12H23N3/c1-4-7-10-9-11(10)15-12(13-6-3)14-8-5-2/h5,10-11H,2,4,6-9H2,1,3H3,(H2,13,14,15). The second-order valence-corrected chi connectivity index (χ2v) is 4.04. The van der Waals surface area contributed by atoms with Crippen molar-refractivity contribution >= 4 is 5.96 Å². The quantitative estimate of drug-likeness (QED) is 0.398. The van der Waals surface area contributed by atoms with Crippen LogP contribution in [0.1, 0.15) is 33.1 Å². The molecule has 1 saturated carbocycles. The lowest BCUT2D eigenvalue weighted by Gasteiger charge is -2.10. The van der Waals surface area contributed by atoms with Crippen LogP contribution in [0.25, 0.3) is 0 Å². The van der Waals surface area contributed by atoms with Crippen molar-refractivity contribution in [3.05, 3.63) is 12.7 Å². The first-order chi connectivity index (χ1) is 7.31. The summed E-state index contributed by atoms with van der Waals surface area (Å²) in [4.78, 5) is 4.38. The molecule has 3 heteroatoms. The SMILES string of the molecule is C=CCN=C(NCC)NC1CC1CCC. The van der Waals surface area contributed by atoms with Gasteiger partial charge in [0.25, 0.3) is 0 Å². The highest BCUT2D eigenvalue weighted by molar-refractivity contribution is 5.80. The average molecular weight is 209 g/mol. The van der Waals surface area contributed by atoms with E-state index in [2.05, 4.69) is 36.1 Å². The van der Waals surface area contributed by atoms with Crippen LogP contribution in [0, 0.1) is 5.92 Å². The van der Waals surface area contributed by atoms with E-state index in [4.69, 9.17) is 0 Å². The highest BCUT2D eigenvalue weighted by Gasteiger charge is 2.36. The number of guanidine groups is 1. The summed E-state index contributed by atoms with van der Waals surface area (Å²) in [5, 5.41) is 6.70. The highest BCUT2D eigenvalue weighted by Crippen LogP contribution is 2.34. The van der Waals surface area contributed by atoms with Crippen molar-refractivity contribution in [1.29, 1.82) is 0 Å². The van der Waals surface area contributed by atoms with E-state index >= 15 is 0 Å². The molecule has 0 aromatic heterocycles. The zero-order chi connectivity index (χ0) is 11.1. The average Bonchev–Trinajstić information content (AvgIpc) is 2.94. The van der Waals surface area contributed by atoms with Gasteiger partial charge in [0.15, 0.2) is 5.96 Å². The molecule has 0 radical (unpaired) electrons. The Morgan fingerprint density at radius 2 is 2.33 bits per heavy atom. The Morgan fingerprint density at radius 3 is 2.93 bits per heavy atom.